The third-order valence-electron chi connectivity index (χ3n) is 5.32. The SMILES string of the molecule is C/C(=N\O)C1CCN(Cc2ccccc2)C[C@@H]1C1C=CC(Cl)=CC1. The van der Waals surface area contributed by atoms with Gasteiger partial charge in [0.05, 0.1) is 5.71 Å². The van der Waals surface area contributed by atoms with Crippen LogP contribution in [0.1, 0.15) is 25.3 Å². The standard InChI is InChI=1S/C20H25ClN2O/c1-15(22-24)19-11-12-23(13-16-5-3-2-4-6-16)14-20(19)17-7-9-18(21)10-8-17/h2-7,9-10,17,19-20,24H,8,11-14H2,1H3/b22-15+/t17?,19?,20-/m1/s1. The number of hydrogen-bond acceptors (Lipinski definition) is 3. The van der Waals surface area contributed by atoms with Gasteiger partial charge >= 0.3 is 0 Å². The van der Waals surface area contributed by atoms with Crippen molar-refractivity contribution in [3.8, 4) is 0 Å². The summed E-state index contributed by atoms with van der Waals surface area (Å²) in [6, 6.07) is 10.6. The Morgan fingerprint density at radius 2 is 2.12 bits per heavy atom. The molecule has 1 aliphatic heterocycles. The normalized spacial score (nSPS) is 28.7. The molecule has 0 radical (unpaired) electrons. The smallest absolute Gasteiger partial charge is 0.0574 e. The van der Waals surface area contributed by atoms with E-state index in [-0.39, 0.29) is 0 Å². The van der Waals surface area contributed by atoms with Crippen molar-refractivity contribution in [2.45, 2.75) is 26.3 Å². The molecule has 1 aliphatic carbocycles. The second-order valence-electron chi connectivity index (χ2n) is 6.87. The lowest BCUT2D eigenvalue weighted by atomic mass is 9.73. The number of oxime groups is 1. The molecule has 1 N–H and O–H groups in total. The molecule has 0 spiro atoms. The highest BCUT2D eigenvalue weighted by molar-refractivity contribution is 6.31. The average Bonchev–Trinajstić information content (AvgIpc) is 2.62. The molecule has 0 bridgehead atoms. The zero-order valence-corrected chi connectivity index (χ0v) is 14.9. The zero-order chi connectivity index (χ0) is 16.9. The van der Waals surface area contributed by atoms with Gasteiger partial charge in [0.2, 0.25) is 0 Å². The van der Waals surface area contributed by atoms with Gasteiger partial charge in [0, 0.05) is 24.0 Å². The van der Waals surface area contributed by atoms with E-state index in [1.807, 2.05) is 13.0 Å². The molecule has 2 aliphatic rings. The fourth-order valence-electron chi connectivity index (χ4n) is 3.99. The van der Waals surface area contributed by atoms with Crippen molar-refractivity contribution in [3.05, 3.63) is 59.2 Å². The van der Waals surface area contributed by atoms with E-state index in [0.29, 0.717) is 17.8 Å². The second-order valence-corrected chi connectivity index (χ2v) is 7.31. The topological polar surface area (TPSA) is 35.8 Å². The van der Waals surface area contributed by atoms with Crippen molar-refractivity contribution in [1.29, 1.82) is 0 Å². The average molecular weight is 345 g/mol. The van der Waals surface area contributed by atoms with Crippen LogP contribution in [0.25, 0.3) is 0 Å². The van der Waals surface area contributed by atoms with Crippen LogP contribution in [-0.4, -0.2) is 28.9 Å². The Bertz CT molecular complexity index is 638. The van der Waals surface area contributed by atoms with Gasteiger partial charge in [-0.2, -0.15) is 0 Å². The van der Waals surface area contributed by atoms with Gasteiger partial charge in [-0.1, -0.05) is 59.2 Å². The van der Waals surface area contributed by atoms with E-state index < -0.39 is 0 Å². The molecule has 0 amide bonds. The van der Waals surface area contributed by atoms with Gasteiger partial charge < -0.3 is 5.21 Å². The highest BCUT2D eigenvalue weighted by Gasteiger charge is 2.35. The number of rotatable bonds is 4. The fraction of sp³-hybridized carbons (Fsp3) is 0.450. The molecule has 0 saturated carbocycles. The minimum Gasteiger partial charge on any atom is -0.411 e. The van der Waals surface area contributed by atoms with E-state index in [4.69, 9.17) is 11.6 Å². The Balaban J connectivity index is 1.73. The summed E-state index contributed by atoms with van der Waals surface area (Å²) in [7, 11) is 0. The lowest BCUT2D eigenvalue weighted by Gasteiger charge is -2.41. The summed E-state index contributed by atoms with van der Waals surface area (Å²) >= 11 is 6.08. The molecule has 1 fully saturated rings. The van der Waals surface area contributed by atoms with E-state index in [2.05, 4.69) is 52.5 Å². The number of piperidine rings is 1. The Kier molecular flexibility index (Phi) is 5.75. The number of benzene rings is 1. The summed E-state index contributed by atoms with van der Waals surface area (Å²) < 4.78 is 0. The first-order chi connectivity index (χ1) is 11.7. The van der Waals surface area contributed by atoms with Crippen LogP contribution in [-0.2, 0) is 6.54 Å². The first kappa shape index (κ1) is 17.2. The third-order valence-corrected chi connectivity index (χ3v) is 5.60. The van der Waals surface area contributed by atoms with E-state index in [1.165, 1.54) is 5.56 Å². The molecule has 128 valence electrons. The fourth-order valence-corrected chi connectivity index (χ4v) is 4.15. The molecule has 1 aromatic rings. The van der Waals surface area contributed by atoms with Crippen LogP contribution < -0.4 is 0 Å². The number of hydrogen-bond donors (Lipinski definition) is 1. The van der Waals surface area contributed by atoms with E-state index in [9.17, 15) is 5.21 Å². The summed E-state index contributed by atoms with van der Waals surface area (Å²) in [5.74, 6) is 1.24. The molecule has 1 saturated heterocycles. The highest BCUT2D eigenvalue weighted by atomic mass is 35.5. The molecule has 1 heterocycles. The van der Waals surface area contributed by atoms with E-state index in [1.54, 1.807) is 0 Å². The molecule has 4 heteroatoms. The third kappa shape index (κ3) is 4.08. The molecule has 0 aromatic heterocycles. The van der Waals surface area contributed by atoms with Crippen LogP contribution in [0.4, 0.5) is 0 Å². The number of halogens is 1. The Labute approximate surface area is 149 Å². The van der Waals surface area contributed by atoms with Gasteiger partial charge in [0.1, 0.15) is 0 Å². The summed E-state index contributed by atoms with van der Waals surface area (Å²) in [6.07, 6.45) is 8.35. The van der Waals surface area contributed by atoms with Crippen LogP contribution >= 0.6 is 11.6 Å². The second kappa shape index (κ2) is 8.00. The van der Waals surface area contributed by atoms with Crippen molar-refractivity contribution in [2.75, 3.05) is 13.1 Å². The minimum absolute atomic E-state index is 0.335. The molecule has 1 aromatic carbocycles. The Morgan fingerprint density at radius 1 is 1.33 bits per heavy atom. The Hall–Kier alpha value is -1.58. The van der Waals surface area contributed by atoms with Gasteiger partial charge in [0.15, 0.2) is 0 Å². The van der Waals surface area contributed by atoms with Crippen LogP contribution in [0, 0.1) is 17.8 Å². The van der Waals surface area contributed by atoms with Crippen molar-refractivity contribution in [2.24, 2.45) is 22.9 Å². The van der Waals surface area contributed by atoms with Gasteiger partial charge in [-0.15, -0.1) is 0 Å². The molecular formula is C20H25ClN2O. The largest absolute Gasteiger partial charge is 0.411 e. The summed E-state index contributed by atoms with van der Waals surface area (Å²) in [6.45, 7) is 4.98. The minimum atomic E-state index is 0.335. The quantitative estimate of drug-likeness (QED) is 0.489. The first-order valence-corrected chi connectivity index (χ1v) is 9.04. The van der Waals surface area contributed by atoms with E-state index in [0.717, 1.165) is 43.2 Å². The molecule has 3 atom stereocenters. The van der Waals surface area contributed by atoms with Crippen molar-refractivity contribution in [3.63, 3.8) is 0 Å². The Morgan fingerprint density at radius 3 is 2.79 bits per heavy atom. The number of allylic oxidation sites excluding steroid dienone is 4. The monoisotopic (exact) mass is 344 g/mol. The lowest BCUT2D eigenvalue weighted by molar-refractivity contribution is 0.114. The number of nitrogens with zero attached hydrogens (tertiary/aromatic N) is 2. The van der Waals surface area contributed by atoms with Crippen molar-refractivity contribution >= 4 is 17.3 Å². The van der Waals surface area contributed by atoms with Gasteiger partial charge in [-0.3, -0.25) is 4.90 Å². The molecule has 3 rings (SSSR count). The molecule has 2 unspecified atom stereocenters. The summed E-state index contributed by atoms with van der Waals surface area (Å²) in [5, 5.41) is 13.6. The predicted molar refractivity (Wildman–Crippen MR) is 99.4 cm³/mol. The van der Waals surface area contributed by atoms with Crippen LogP contribution in [0.15, 0.2) is 58.7 Å². The van der Waals surface area contributed by atoms with Gasteiger partial charge in [-0.25, -0.2) is 0 Å². The number of likely N-dealkylation sites (tertiary alicyclic amines) is 1. The maximum absolute atomic E-state index is 9.27. The summed E-state index contributed by atoms with van der Waals surface area (Å²) in [4.78, 5) is 2.52. The molecule has 24 heavy (non-hydrogen) atoms. The first-order valence-electron chi connectivity index (χ1n) is 8.66. The summed E-state index contributed by atoms with van der Waals surface area (Å²) in [5.41, 5.74) is 2.21. The predicted octanol–water partition coefficient (Wildman–Crippen LogP) is 4.67. The van der Waals surface area contributed by atoms with Crippen LogP contribution in [0.5, 0.6) is 0 Å². The van der Waals surface area contributed by atoms with Crippen molar-refractivity contribution in [1.82, 2.24) is 4.90 Å². The van der Waals surface area contributed by atoms with Gasteiger partial charge in [-0.05, 0) is 49.8 Å². The van der Waals surface area contributed by atoms with Crippen LogP contribution in [0.2, 0.25) is 0 Å². The van der Waals surface area contributed by atoms with E-state index >= 15 is 0 Å². The highest BCUT2D eigenvalue weighted by Crippen LogP contribution is 2.36. The molecular weight excluding hydrogens is 320 g/mol. The van der Waals surface area contributed by atoms with Crippen molar-refractivity contribution < 1.29 is 5.21 Å². The molecule has 3 nitrogen and oxygen atoms in total. The maximum atomic E-state index is 9.27. The van der Waals surface area contributed by atoms with Gasteiger partial charge in [0.25, 0.3) is 0 Å². The van der Waals surface area contributed by atoms with Crippen LogP contribution in [0.3, 0.4) is 0 Å². The maximum Gasteiger partial charge on any atom is 0.0574 e. The lowest BCUT2D eigenvalue weighted by Crippen LogP contribution is -2.45. The zero-order valence-electron chi connectivity index (χ0n) is 14.1.